The van der Waals surface area contributed by atoms with Gasteiger partial charge in [0.1, 0.15) is 10.7 Å². The molecular formula is C13H14FNO3S. The molecule has 0 radical (unpaired) electrons. The molecule has 0 bridgehead atoms. The van der Waals surface area contributed by atoms with Gasteiger partial charge in [-0.25, -0.2) is 12.8 Å². The molecule has 1 heterocycles. The zero-order chi connectivity index (χ0) is 14.0. The quantitative estimate of drug-likeness (QED) is 0.915. The first kappa shape index (κ1) is 13.7. The SMILES string of the molecule is CS(=O)(=O)c1ccc(/C=C/[C@H]2CCC(=O)N2)cc1F. The normalized spacial score (nSPS) is 19.9. The van der Waals surface area contributed by atoms with Gasteiger partial charge in [0, 0.05) is 18.7 Å². The summed E-state index contributed by atoms with van der Waals surface area (Å²) >= 11 is 0. The Bertz CT molecular complexity index is 637. The van der Waals surface area contributed by atoms with E-state index in [0.717, 1.165) is 12.7 Å². The molecule has 102 valence electrons. The number of nitrogens with one attached hydrogen (secondary N) is 1. The van der Waals surface area contributed by atoms with Gasteiger partial charge in [-0.2, -0.15) is 0 Å². The third-order valence-corrected chi connectivity index (χ3v) is 4.04. The molecule has 1 fully saturated rings. The second-order valence-electron chi connectivity index (χ2n) is 4.53. The van der Waals surface area contributed by atoms with Gasteiger partial charge < -0.3 is 5.32 Å². The third kappa shape index (κ3) is 3.41. The van der Waals surface area contributed by atoms with Gasteiger partial charge in [-0.3, -0.25) is 4.79 Å². The highest BCUT2D eigenvalue weighted by Crippen LogP contribution is 2.17. The van der Waals surface area contributed by atoms with Crippen molar-refractivity contribution in [2.75, 3.05) is 6.26 Å². The number of sulfone groups is 1. The van der Waals surface area contributed by atoms with Gasteiger partial charge >= 0.3 is 0 Å². The van der Waals surface area contributed by atoms with Crippen molar-refractivity contribution in [3.05, 3.63) is 35.7 Å². The number of amides is 1. The second-order valence-corrected chi connectivity index (χ2v) is 6.52. The van der Waals surface area contributed by atoms with Gasteiger partial charge in [-0.05, 0) is 24.1 Å². The number of carbonyl (C=O) groups is 1. The molecule has 1 N–H and O–H groups in total. The summed E-state index contributed by atoms with van der Waals surface area (Å²) in [6.07, 6.45) is 5.63. The fraction of sp³-hybridized carbons (Fsp3) is 0.308. The summed E-state index contributed by atoms with van der Waals surface area (Å²) in [6, 6.07) is 3.92. The highest BCUT2D eigenvalue weighted by molar-refractivity contribution is 7.90. The molecule has 0 aromatic heterocycles. The van der Waals surface area contributed by atoms with E-state index in [1.807, 2.05) is 0 Å². The van der Waals surface area contributed by atoms with Crippen molar-refractivity contribution >= 4 is 21.8 Å². The Kier molecular flexibility index (Phi) is 3.71. The largest absolute Gasteiger partial charge is 0.350 e. The zero-order valence-corrected chi connectivity index (χ0v) is 11.2. The van der Waals surface area contributed by atoms with Crippen LogP contribution in [0.1, 0.15) is 18.4 Å². The first-order chi connectivity index (χ1) is 8.86. The minimum atomic E-state index is -3.54. The van der Waals surface area contributed by atoms with Crippen molar-refractivity contribution in [1.82, 2.24) is 5.32 Å². The smallest absolute Gasteiger partial charge is 0.220 e. The van der Waals surface area contributed by atoms with Gasteiger partial charge in [-0.15, -0.1) is 0 Å². The molecule has 0 saturated carbocycles. The number of hydrogen-bond donors (Lipinski definition) is 1. The molecule has 1 atom stereocenters. The Hall–Kier alpha value is -1.69. The molecule has 1 saturated heterocycles. The minimum absolute atomic E-state index is 0.00764. The van der Waals surface area contributed by atoms with E-state index in [1.54, 1.807) is 12.2 Å². The second kappa shape index (κ2) is 5.13. The van der Waals surface area contributed by atoms with Gasteiger partial charge in [0.05, 0.1) is 0 Å². The Balaban J connectivity index is 2.17. The summed E-state index contributed by atoms with van der Waals surface area (Å²) in [7, 11) is -3.54. The number of carbonyl (C=O) groups excluding carboxylic acids is 1. The maximum Gasteiger partial charge on any atom is 0.220 e. The number of benzene rings is 1. The van der Waals surface area contributed by atoms with E-state index in [-0.39, 0.29) is 16.8 Å². The number of halogens is 1. The molecule has 1 aliphatic rings. The van der Waals surface area contributed by atoms with E-state index in [2.05, 4.69) is 5.32 Å². The van der Waals surface area contributed by atoms with Gasteiger partial charge in [0.2, 0.25) is 5.91 Å². The first-order valence-electron chi connectivity index (χ1n) is 5.83. The molecule has 2 rings (SSSR count). The minimum Gasteiger partial charge on any atom is -0.350 e. The van der Waals surface area contributed by atoms with E-state index < -0.39 is 15.7 Å². The summed E-state index contributed by atoms with van der Waals surface area (Å²) in [5.74, 6) is -0.756. The highest BCUT2D eigenvalue weighted by atomic mass is 32.2. The number of hydrogen-bond acceptors (Lipinski definition) is 3. The summed E-state index contributed by atoms with van der Waals surface area (Å²) in [5.41, 5.74) is 0.561. The molecule has 0 spiro atoms. The highest BCUT2D eigenvalue weighted by Gasteiger charge is 2.18. The van der Waals surface area contributed by atoms with Crippen LogP contribution in [0.5, 0.6) is 0 Å². The van der Waals surface area contributed by atoms with Crippen LogP contribution in [0.15, 0.2) is 29.2 Å². The molecule has 6 heteroatoms. The third-order valence-electron chi connectivity index (χ3n) is 2.91. The Labute approximate surface area is 111 Å². The van der Waals surface area contributed by atoms with Crippen LogP contribution in [0.3, 0.4) is 0 Å². The van der Waals surface area contributed by atoms with Crippen LogP contribution in [0.25, 0.3) is 6.08 Å². The molecular weight excluding hydrogens is 269 g/mol. The Morgan fingerprint density at radius 3 is 2.68 bits per heavy atom. The van der Waals surface area contributed by atoms with Crippen molar-refractivity contribution in [2.45, 2.75) is 23.8 Å². The van der Waals surface area contributed by atoms with E-state index in [4.69, 9.17) is 0 Å². The molecule has 1 aromatic carbocycles. The van der Waals surface area contributed by atoms with Crippen molar-refractivity contribution in [1.29, 1.82) is 0 Å². The average Bonchev–Trinajstić information content (AvgIpc) is 2.71. The topological polar surface area (TPSA) is 63.2 Å². The maximum absolute atomic E-state index is 13.6. The van der Waals surface area contributed by atoms with Crippen LogP contribution >= 0.6 is 0 Å². The molecule has 1 amide bonds. The predicted octanol–water partition coefficient (Wildman–Crippen LogP) is 1.52. The fourth-order valence-corrected chi connectivity index (χ4v) is 2.66. The molecule has 1 aliphatic heterocycles. The molecule has 1 aromatic rings. The van der Waals surface area contributed by atoms with Crippen molar-refractivity contribution < 1.29 is 17.6 Å². The Morgan fingerprint density at radius 2 is 2.16 bits per heavy atom. The van der Waals surface area contributed by atoms with E-state index in [9.17, 15) is 17.6 Å². The van der Waals surface area contributed by atoms with Crippen LogP contribution < -0.4 is 5.32 Å². The maximum atomic E-state index is 13.6. The molecule has 0 aliphatic carbocycles. The first-order valence-corrected chi connectivity index (χ1v) is 7.72. The van der Waals surface area contributed by atoms with E-state index >= 15 is 0 Å². The molecule has 19 heavy (non-hydrogen) atoms. The summed E-state index contributed by atoms with van der Waals surface area (Å²) in [4.78, 5) is 10.7. The van der Waals surface area contributed by atoms with Crippen LogP contribution in [0, 0.1) is 5.82 Å². The lowest BCUT2D eigenvalue weighted by molar-refractivity contribution is -0.119. The lowest BCUT2D eigenvalue weighted by Crippen LogP contribution is -2.22. The van der Waals surface area contributed by atoms with Crippen molar-refractivity contribution in [3.63, 3.8) is 0 Å². The van der Waals surface area contributed by atoms with Gasteiger partial charge in [0.25, 0.3) is 0 Å². The fourth-order valence-electron chi connectivity index (χ4n) is 1.93. The van der Waals surface area contributed by atoms with E-state index in [0.29, 0.717) is 12.0 Å². The monoisotopic (exact) mass is 283 g/mol. The van der Waals surface area contributed by atoms with Crippen LogP contribution in [0.4, 0.5) is 4.39 Å². The summed E-state index contributed by atoms with van der Waals surface area (Å²) in [5, 5.41) is 2.76. The summed E-state index contributed by atoms with van der Waals surface area (Å²) < 4.78 is 36.2. The number of rotatable bonds is 3. The molecule has 0 unspecified atom stereocenters. The van der Waals surface area contributed by atoms with Crippen molar-refractivity contribution in [2.24, 2.45) is 0 Å². The predicted molar refractivity (Wildman–Crippen MR) is 69.7 cm³/mol. The lowest BCUT2D eigenvalue weighted by atomic mass is 10.1. The van der Waals surface area contributed by atoms with Crippen LogP contribution in [0.2, 0.25) is 0 Å². The van der Waals surface area contributed by atoms with E-state index in [1.165, 1.54) is 18.2 Å². The average molecular weight is 283 g/mol. The molecule has 4 nitrogen and oxygen atoms in total. The Morgan fingerprint density at radius 1 is 1.42 bits per heavy atom. The van der Waals surface area contributed by atoms with Crippen LogP contribution in [-0.4, -0.2) is 26.6 Å². The van der Waals surface area contributed by atoms with Crippen molar-refractivity contribution in [3.8, 4) is 0 Å². The van der Waals surface area contributed by atoms with Gasteiger partial charge in [-0.1, -0.05) is 18.2 Å². The van der Waals surface area contributed by atoms with Crippen LogP contribution in [-0.2, 0) is 14.6 Å². The van der Waals surface area contributed by atoms with Gasteiger partial charge in [0.15, 0.2) is 9.84 Å². The zero-order valence-electron chi connectivity index (χ0n) is 10.4. The standard InChI is InChI=1S/C13H14FNO3S/c1-19(17,18)12-6-3-9(8-11(12)14)2-4-10-5-7-13(16)15-10/h2-4,6,8,10H,5,7H2,1H3,(H,15,16)/b4-2+/t10-/m0/s1. The lowest BCUT2D eigenvalue weighted by Gasteiger charge is -2.04. The summed E-state index contributed by atoms with van der Waals surface area (Å²) in [6.45, 7) is 0.